The minimum Gasteiger partial charge on any atom is -0.311 e. The van der Waals surface area contributed by atoms with Gasteiger partial charge in [-0.25, -0.2) is 0 Å². The highest BCUT2D eigenvalue weighted by atomic mass is 15.2. The van der Waals surface area contributed by atoms with Crippen molar-refractivity contribution in [1.82, 2.24) is 0 Å². The number of para-hydroxylation sites is 2. The molecular weight excluding hydrogens is 942 g/mol. The smallest absolute Gasteiger partial charge is 0.252 e. The molecule has 10 aromatic carbocycles. The van der Waals surface area contributed by atoms with E-state index in [1.54, 1.807) is 0 Å². The predicted octanol–water partition coefficient (Wildman–Crippen LogP) is 17.8. The van der Waals surface area contributed by atoms with Gasteiger partial charge in [0.1, 0.15) is 0 Å². The Morgan fingerprint density at radius 2 is 0.872 bits per heavy atom. The van der Waals surface area contributed by atoms with Crippen molar-refractivity contribution in [2.45, 2.75) is 90.9 Å². The van der Waals surface area contributed by atoms with Crippen molar-refractivity contribution in [3.8, 4) is 11.1 Å². The molecule has 1 aliphatic carbocycles. The van der Waals surface area contributed by atoms with Crippen molar-refractivity contribution in [2.24, 2.45) is 0 Å². The molecule has 0 spiro atoms. The van der Waals surface area contributed by atoms with Gasteiger partial charge in [-0.15, -0.1) is 0 Å². The maximum Gasteiger partial charge on any atom is 0.252 e. The molecule has 3 aliphatic rings. The first-order valence-corrected chi connectivity index (χ1v) is 27.9. The summed E-state index contributed by atoms with van der Waals surface area (Å²) in [5, 5.41) is 0. The zero-order chi connectivity index (χ0) is 53.9. The first-order valence-electron chi connectivity index (χ1n) is 27.9. The zero-order valence-corrected chi connectivity index (χ0v) is 46.9. The van der Waals surface area contributed by atoms with E-state index in [0.29, 0.717) is 0 Å². The van der Waals surface area contributed by atoms with E-state index in [1.165, 1.54) is 100 Å². The second-order valence-electron chi connectivity index (χ2n) is 25.1. The van der Waals surface area contributed by atoms with Crippen LogP contribution in [0.15, 0.2) is 231 Å². The molecule has 382 valence electrons. The number of aryl methyl sites for hydroxylation is 1. The number of rotatable bonds is 7. The van der Waals surface area contributed by atoms with E-state index in [-0.39, 0.29) is 23.0 Å². The van der Waals surface area contributed by atoms with Gasteiger partial charge in [-0.2, -0.15) is 0 Å². The lowest BCUT2D eigenvalue weighted by molar-refractivity contribution is 0.568. The minimum atomic E-state index is -0.571. The molecule has 0 amide bonds. The summed E-state index contributed by atoms with van der Waals surface area (Å²) in [5.41, 5.74) is 26.4. The van der Waals surface area contributed by atoms with Crippen LogP contribution in [0, 0.1) is 6.92 Å². The van der Waals surface area contributed by atoms with Gasteiger partial charge >= 0.3 is 0 Å². The Bertz CT molecular complexity index is 3820. The fourth-order valence-electron chi connectivity index (χ4n) is 13.1. The lowest BCUT2D eigenvalue weighted by Crippen LogP contribution is -2.61. The van der Waals surface area contributed by atoms with E-state index in [0.717, 1.165) is 22.7 Å². The second-order valence-corrected chi connectivity index (χ2v) is 25.1. The van der Waals surface area contributed by atoms with Crippen LogP contribution in [0.3, 0.4) is 0 Å². The van der Waals surface area contributed by atoms with Crippen molar-refractivity contribution < 1.29 is 0 Å². The Morgan fingerprint density at radius 3 is 1.44 bits per heavy atom. The molecule has 0 fully saturated rings. The van der Waals surface area contributed by atoms with Gasteiger partial charge in [0.05, 0.1) is 5.41 Å². The van der Waals surface area contributed by atoms with Gasteiger partial charge in [-0.1, -0.05) is 214 Å². The molecule has 0 aromatic heterocycles. The zero-order valence-electron chi connectivity index (χ0n) is 46.9. The number of hydrogen-bond donors (Lipinski definition) is 0. The number of benzene rings is 10. The Morgan fingerprint density at radius 1 is 0.359 bits per heavy atom. The summed E-state index contributed by atoms with van der Waals surface area (Å²) in [6, 6.07) is 87.5. The van der Waals surface area contributed by atoms with Gasteiger partial charge < -0.3 is 14.7 Å². The van der Waals surface area contributed by atoms with Crippen LogP contribution >= 0.6 is 0 Å². The van der Waals surface area contributed by atoms with Crippen LogP contribution in [0.1, 0.15) is 107 Å². The third-order valence-corrected chi connectivity index (χ3v) is 17.0. The SMILES string of the molecule is Cc1cc2c3c(c1)N(c1ccc4c(c1)C(c1ccccc1)(c1ccccc1)c1ccccc1-4)c1cc(N(c4ccccc4)c4ccccc4)ccc1B3c1cc(C(C)(C)C)ccc1N2c1cc(C(C)(C)C)cc(C(C)(C)C)c1. The monoisotopic (exact) mass is 1010 g/mol. The Kier molecular flexibility index (Phi) is 11.5. The molecule has 10 aromatic rings. The second kappa shape index (κ2) is 18.1. The normalized spacial score (nSPS) is 14.1. The van der Waals surface area contributed by atoms with Crippen molar-refractivity contribution in [3.05, 3.63) is 275 Å². The van der Waals surface area contributed by atoms with Crippen LogP contribution in [0.2, 0.25) is 0 Å². The van der Waals surface area contributed by atoms with Gasteiger partial charge in [-0.3, -0.25) is 0 Å². The molecular formula is C74H68BN3. The van der Waals surface area contributed by atoms with E-state index in [4.69, 9.17) is 0 Å². The van der Waals surface area contributed by atoms with Gasteiger partial charge in [0.25, 0.3) is 6.71 Å². The van der Waals surface area contributed by atoms with Crippen LogP contribution in [-0.2, 0) is 21.7 Å². The summed E-state index contributed by atoms with van der Waals surface area (Å²) in [5.74, 6) is 0. The fraction of sp³-hybridized carbons (Fsp3) is 0.189. The highest BCUT2D eigenvalue weighted by Crippen LogP contribution is 2.58. The van der Waals surface area contributed by atoms with E-state index in [1.807, 2.05) is 0 Å². The molecule has 2 heterocycles. The summed E-state index contributed by atoms with van der Waals surface area (Å²) in [7, 11) is 0. The van der Waals surface area contributed by atoms with Gasteiger partial charge in [-0.05, 0) is 174 Å². The van der Waals surface area contributed by atoms with Gasteiger partial charge in [0.2, 0.25) is 0 Å². The molecule has 78 heavy (non-hydrogen) atoms. The van der Waals surface area contributed by atoms with Crippen molar-refractivity contribution in [1.29, 1.82) is 0 Å². The topological polar surface area (TPSA) is 9.72 Å². The molecule has 0 saturated carbocycles. The third kappa shape index (κ3) is 7.85. The molecule has 0 bridgehead atoms. The lowest BCUT2D eigenvalue weighted by Gasteiger charge is -2.45. The van der Waals surface area contributed by atoms with Crippen LogP contribution < -0.4 is 31.1 Å². The van der Waals surface area contributed by atoms with Crippen molar-refractivity contribution >= 4 is 74.3 Å². The fourth-order valence-corrected chi connectivity index (χ4v) is 13.1. The summed E-state index contributed by atoms with van der Waals surface area (Å²) >= 11 is 0. The summed E-state index contributed by atoms with van der Waals surface area (Å²) in [6.07, 6.45) is 0. The Balaban J connectivity index is 1.14. The quantitative estimate of drug-likeness (QED) is 0.147. The predicted molar refractivity (Wildman–Crippen MR) is 333 cm³/mol. The van der Waals surface area contributed by atoms with Crippen LogP contribution in [0.25, 0.3) is 11.1 Å². The molecule has 2 aliphatic heterocycles. The third-order valence-electron chi connectivity index (χ3n) is 17.0. The Labute approximate surface area is 463 Å². The first-order chi connectivity index (χ1) is 37.5. The molecule has 0 N–H and O–H groups in total. The number of hydrogen-bond acceptors (Lipinski definition) is 3. The number of anilines is 9. The largest absolute Gasteiger partial charge is 0.311 e. The molecule has 0 atom stereocenters. The standard InChI is InChI=1S/C74H68BN3/c1-49-41-68-70-69(42-49)78(59-44-53(72(5,6)7)43-54(45-59)73(8,9)10)66-40-35-52(71(2,3)4)46-65(66)75(70)64-39-37-58(76(55-29-19-13-20-30-55)56-31-21-14-22-32-56)48-67(64)77(68)57-36-38-61-60-33-23-24-34-62(60)74(63(61)47-57,50-25-15-11-16-26-50)51-27-17-12-18-28-51/h11-48H,1-10H3. The lowest BCUT2D eigenvalue weighted by atomic mass is 9.33. The summed E-state index contributed by atoms with van der Waals surface area (Å²) in [6.45, 7) is 23.4. The average Bonchev–Trinajstić information content (AvgIpc) is 3.10. The van der Waals surface area contributed by atoms with Crippen LogP contribution in [-0.4, -0.2) is 6.71 Å². The first kappa shape index (κ1) is 49.3. The maximum absolute atomic E-state index is 2.63. The summed E-state index contributed by atoms with van der Waals surface area (Å²) in [4.78, 5) is 7.66. The van der Waals surface area contributed by atoms with Gasteiger partial charge in [0.15, 0.2) is 0 Å². The summed E-state index contributed by atoms with van der Waals surface area (Å²) < 4.78 is 0. The number of nitrogens with zero attached hydrogens (tertiary/aromatic N) is 3. The van der Waals surface area contributed by atoms with E-state index in [2.05, 4.69) is 314 Å². The van der Waals surface area contributed by atoms with Gasteiger partial charge in [0, 0.05) is 51.2 Å². The molecule has 4 heteroatoms. The van der Waals surface area contributed by atoms with Crippen LogP contribution in [0.5, 0.6) is 0 Å². The van der Waals surface area contributed by atoms with Crippen molar-refractivity contribution in [2.75, 3.05) is 14.7 Å². The minimum absolute atomic E-state index is 0.0642. The molecule has 3 nitrogen and oxygen atoms in total. The molecule has 0 radical (unpaired) electrons. The Hall–Kier alpha value is -8.34. The molecule has 0 saturated heterocycles. The van der Waals surface area contributed by atoms with Crippen LogP contribution in [0.4, 0.5) is 51.2 Å². The molecule has 13 rings (SSSR count). The maximum atomic E-state index is 2.63. The molecule has 0 unspecified atom stereocenters. The van der Waals surface area contributed by atoms with E-state index < -0.39 is 5.41 Å². The van der Waals surface area contributed by atoms with E-state index in [9.17, 15) is 0 Å². The van der Waals surface area contributed by atoms with E-state index >= 15 is 0 Å². The highest BCUT2D eigenvalue weighted by molar-refractivity contribution is 7.00. The average molecular weight is 1010 g/mol. The van der Waals surface area contributed by atoms with Crippen molar-refractivity contribution in [3.63, 3.8) is 0 Å². The number of fused-ring (bicyclic) bond motifs is 7. The highest BCUT2D eigenvalue weighted by Gasteiger charge is 2.48.